The minimum Gasteiger partial charge on any atom is -0.311 e. The number of hydrogen-bond acceptors (Lipinski definition) is 1. The first-order chi connectivity index (χ1) is 23.5. The second-order valence-corrected chi connectivity index (χ2v) is 13.5. The molecule has 0 unspecified atom stereocenters. The Morgan fingerprint density at radius 2 is 0.833 bits per heavy atom. The largest absolute Gasteiger partial charge is 0.311 e. The van der Waals surface area contributed by atoms with Crippen LogP contribution in [0.1, 0.15) is 26.3 Å². The fourth-order valence-corrected chi connectivity index (χ4v) is 6.88. The van der Waals surface area contributed by atoms with Crippen molar-refractivity contribution in [1.29, 1.82) is 0 Å². The van der Waals surface area contributed by atoms with Crippen LogP contribution in [0.5, 0.6) is 0 Å². The van der Waals surface area contributed by atoms with Gasteiger partial charge in [0.1, 0.15) is 0 Å². The molecule has 0 N–H and O–H groups in total. The Morgan fingerprint density at radius 1 is 0.396 bits per heavy atom. The van der Waals surface area contributed by atoms with Crippen molar-refractivity contribution < 1.29 is 0 Å². The third-order valence-electron chi connectivity index (χ3n) is 9.39. The maximum absolute atomic E-state index is 2.41. The number of rotatable bonds is 6. The summed E-state index contributed by atoms with van der Waals surface area (Å²) in [6.45, 7) is 6.79. The van der Waals surface area contributed by atoms with E-state index in [0.717, 1.165) is 17.1 Å². The average Bonchev–Trinajstić information content (AvgIpc) is 3.47. The lowest BCUT2D eigenvalue weighted by Gasteiger charge is -2.27. The lowest BCUT2D eigenvalue weighted by Crippen LogP contribution is -2.13. The quantitative estimate of drug-likeness (QED) is 0.180. The summed E-state index contributed by atoms with van der Waals surface area (Å²) < 4.78 is 2.41. The Hall–Kier alpha value is -5.86. The van der Waals surface area contributed by atoms with Gasteiger partial charge >= 0.3 is 0 Å². The van der Waals surface area contributed by atoms with Crippen molar-refractivity contribution in [3.05, 3.63) is 181 Å². The number of anilines is 3. The summed E-state index contributed by atoms with van der Waals surface area (Å²) in [4.78, 5) is 2.35. The molecule has 0 radical (unpaired) electrons. The zero-order chi connectivity index (χ0) is 32.7. The van der Waals surface area contributed by atoms with Crippen LogP contribution in [0.25, 0.3) is 49.7 Å². The molecule has 0 spiro atoms. The van der Waals surface area contributed by atoms with Crippen LogP contribution in [0.15, 0.2) is 176 Å². The van der Waals surface area contributed by atoms with Crippen LogP contribution >= 0.6 is 0 Å². The monoisotopic (exact) mass is 618 g/mol. The molecule has 48 heavy (non-hydrogen) atoms. The molecule has 0 aliphatic rings. The molecule has 0 saturated heterocycles. The molecule has 0 fully saturated rings. The average molecular weight is 619 g/mol. The molecule has 2 heteroatoms. The summed E-state index contributed by atoms with van der Waals surface area (Å²) in [6, 6.07) is 63.6. The highest BCUT2D eigenvalue weighted by Gasteiger charge is 2.18. The van der Waals surface area contributed by atoms with E-state index in [1.165, 1.54) is 55.3 Å². The van der Waals surface area contributed by atoms with Gasteiger partial charge in [0, 0.05) is 33.4 Å². The molecule has 0 bridgehead atoms. The van der Waals surface area contributed by atoms with Gasteiger partial charge in [-0.15, -0.1) is 0 Å². The Balaban J connectivity index is 1.22. The molecule has 232 valence electrons. The zero-order valence-electron chi connectivity index (χ0n) is 27.6. The van der Waals surface area contributed by atoms with Gasteiger partial charge in [0.15, 0.2) is 0 Å². The van der Waals surface area contributed by atoms with Gasteiger partial charge in [0.05, 0.1) is 16.7 Å². The van der Waals surface area contributed by atoms with Gasteiger partial charge in [-0.1, -0.05) is 142 Å². The molecule has 2 nitrogen and oxygen atoms in total. The van der Waals surface area contributed by atoms with E-state index in [0.29, 0.717) is 0 Å². The molecular formula is C46H38N2. The van der Waals surface area contributed by atoms with Crippen LogP contribution in [0.4, 0.5) is 17.1 Å². The van der Waals surface area contributed by atoms with Crippen molar-refractivity contribution >= 4 is 38.9 Å². The summed E-state index contributed by atoms with van der Waals surface area (Å²) in [5, 5.41) is 2.54. The lowest BCUT2D eigenvalue weighted by atomic mass is 9.87. The van der Waals surface area contributed by atoms with E-state index >= 15 is 0 Å². The second-order valence-electron chi connectivity index (χ2n) is 13.5. The fraction of sp³-hybridized carbons (Fsp3) is 0.0870. The maximum atomic E-state index is 2.41. The van der Waals surface area contributed by atoms with Gasteiger partial charge in [-0.05, 0) is 82.3 Å². The molecule has 0 aliphatic carbocycles. The molecule has 1 aromatic heterocycles. The topological polar surface area (TPSA) is 8.17 Å². The van der Waals surface area contributed by atoms with Gasteiger partial charge < -0.3 is 9.47 Å². The Labute approximate surface area is 283 Å². The highest BCUT2D eigenvalue weighted by Crippen LogP contribution is 2.40. The number of fused-ring (bicyclic) bond motifs is 3. The van der Waals surface area contributed by atoms with Crippen molar-refractivity contribution in [2.45, 2.75) is 26.2 Å². The molecule has 8 aromatic rings. The van der Waals surface area contributed by atoms with Crippen molar-refractivity contribution in [1.82, 2.24) is 4.57 Å². The number of benzene rings is 7. The molecule has 1 heterocycles. The Bertz CT molecular complexity index is 2290. The zero-order valence-corrected chi connectivity index (χ0v) is 27.6. The predicted octanol–water partition coefficient (Wildman–Crippen LogP) is 12.9. The normalized spacial score (nSPS) is 11.6. The summed E-state index contributed by atoms with van der Waals surface area (Å²) in [5.41, 5.74) is 13.2. The molecule has 0 aliphatic heterocycles. The minimum absolute atomic E-state index is 0.0894. The van der Waals surface area contributed by atoms with E-state index in [1.54, 1.807) is 0 Å². The van der Waals surface area contributed by atoms with Crippen LogP contribution in [0.3, 0.4) is 0 Å². The minimum atomic E-state index is 0.0894. The summed E-state index contributed by atoms with van der Waals surface area (Å²) in [7, 11) is 0. The summed E-state index contributed by atoms with van der Waals surface area (Å²) in [5.74, 6) is 0. The molecule has 0 amide bonds. The number of aromatic nitrogens is 1. The maximum Gasteiger partial charge on any atom is 0.0541 e. The van der Waals surface area contributed by atoms with Crippen LogP contribution in [0.2, 0.25) is 0 Å². The fourth-order valence-electron chi connectivity index (χ4n) is 6.88. The highest BCUT2D eigenvalue weighted by molar-refractivity contribution is 6.09. The molecular weight excluding hydrogens is 581 g/mol. The van der Waals surface area contributed by atoms with E-state index in [9.17, 15) is 0 Å². The van der Waals surface area contributed by atoms with Crippen LogP contribution in [0, 0.1) is 0 Å². The lowest BCUT2D eigenvalue weighted by molar-refractivity contribution is 0.590. The van der Waals surface area contributed by atoms with Crippen molar-refractivity contribution in [3.8, 4) is 27.9 Å². The van der Waals surface area contributed by atoms with E-state index in [-0.39, 0.29) is 5.41 Å². The first-order valence-electron chi connectivity index (χ1n) is 16.7. The SMILES string of the molecule is CC(C)(C)c1ccc(N(c2ccc(-c3ccccc3)cc2)c2ccc(-c3ccccc3-n3c4ccccc4c4ccccc43)cc2)cc1. The van der Waals surface area contributed by atoms with E-state index in [1.807, 2.05) is 0 Å². The third kappa shape index (κ3) is 5.36. The van der Waals surface area contributed by atoms with Crippen molar-refractivity contribution in [2.75, 3.05) is 4.90 Å². The Morgan fingerprint density at radius 3 is 1.40 bits per heavy atom. The van der Waals surface area contributed by atoms with Crippen LogP contribution < -0.4 is 4.90 Å². The van der Waals surface area contributed by atoms with Gasteiger partial charge in [-0.3, -0.25) is 0 Å². The van der Waals surface area contributed by atoms with Gasteiger partial charge in [-0.2, -0.15) is 0 Å². The smallest absolute Gasteiger partial charge is 0.0541 e. The van der Waals surface area contributed by atoms with Crippen molar-refractivity contribution in [2.24, 2.45) is 0 Å². The Kier molecular flexibility index (Phi) is 7.42. The number of para-hydroxylation sites is 3. The number of hydrogen-bond donors (Lipinski definition) is 0. The molecule has 0 saturated carbocycles. The van der Waals surface area contributed by atoms with Crippen LogP contribution in [-0.4, -0.2) is 4.57 Å². The van der Waals surface area contributed by atoms with Gasteiger partial charge in [0.2, 0.25) is 0 Å². The van der Waals surface area contributed by atoms with E-state index < -0.39 is 0 Å². The highest BCUT2D eigenvalue weighted by atomic mass is 15.1. The predicted molar refractivity (Wildman–Crippen MR) is 205 cm³/mol. The third-order valence-corrected chi connectivity index (χ3v) is 9.39. The van der Waals surface area contributed by atoms with Gasteiger partial charge in [0.25, 0.3) is 0 Å². The van der Waals surface area contributed by atoms with Gasteiger partial charge in [-0.25, -0.2) is 0 Å². The second kappa shape index (κ2) is 12.1. The first kappa shape index (κ1) is 29.5. The summed E-state index contributed by atoms with van der Waals surface area (Å²) >= 11 is 0. The first-order valence-corrected chi connectivity index (χ1v) is 16.7. The van der Waals surface area contributed by atoms with E-state index in [4.69, 9.17) is 0 Å². The number of nitrogens with zero attached hydrogens (tertiary/aromatic N) is 2. The molecule has 7 aromatic carbocycles. The summed E-state index contributed by atoms with van der Waals surface area (Å²) in [6.07, 6.45) is 0. The standard InChI is InChI=1S/C46H38N2/c1-46(2,3)36-25-31-39(32-26-36)47(37-27-21-34(22-28-37)33-13-5-4-6-14-33)38-29-23-35(24-30-38)40-15-7-10-18-43(40)48-44-19-11-8-16-41(44)42-17-9-12-20-45(42)48/h4-32H,1-3H3. The van der Waals surface area contributed by atoms with Crippen molar-refractivity contribution in [3.63, 3.8) is 0 Å². The molecule has 0 atom stereocenters. The molecule has 8 rings (SSSR count). The van der Waals surface area contributed by atoms with E-state index in [2.05, 4.69) is 206 Å². The van der Waals surface area contributed by atoms with Crippen LogP contribution in [-0.2, 0) is 5.41 Å².